The minimum Gasteiger partial charge on any atom is -0.507 e. The molecule has 0 atom stereocenters. The molecular weight excluding hydrogens is 312 g/mol. The summed E-state index contributed by atoms with van der Waals surface area (Å²) < 4.78 is 10.3. The van der Waals surface area contributed by atoms with E-state index in [2.05, 4.69) is 10.9 Å². The van der Waals surface area contributed by atoms with Crippen molar-refractivity contribution in [3.8, 4) is 17.2 Å². The molecule has 2 aromatic carbocycles. The summed E-state index contributed by atoms with van der Waals surface area (Å²) in [6.07, 6.45) is 0. The summed E-state index contributed by atoms with van der Waals surface area (Å²) in [5.41, 5.74) is 5.09. The molecule has 0 aliphatic heterocycles. The topological polar surface area (TPSA) is 96.9 Å². The Kier molecular flexibility index (Phi) is 5.62. The van der Waals surface area contributed by atoms with Crippen molar-refractivity contribution in [2.75, 3.05) is 13.7 Å². The second-order valence-corrected chi connectivity index (χ2v) is 4.94. The van der Waals surface area contributed by atoms with Gasteiger partial charge >= 0.3 is 0 Å². The lowest BCUT2D eigenvalue weighted by atomic mass is 10.1. The van der Waals surface area contributed by atoms with Crippen molar-refractivity contribution in [3.63, 3.8) is 0 Å². The van der Waals surface area contributed by atoms with E-state index in [1.807, 2.05) is 0 Å². The number of aryl methyl sites for hydroxylation is 1. The minimum absolute atomic E-state index is 0.0753. The van der Waals surface area contributed by atoms with Crippen molar-refractivity contribution >= 4 is 11.8 Å². The summed E-state index contributed by atoms with van der Waals surface area (Å²) in [5.74, 6) is -0.107. The van der Waals surface area contributed by atoms with Crippen molar-refractivity contribution < 1.29 is 24.2 Å². The first kappa shape index (κ1) is 17.1. The zero-order chi connectivity index (χ0) is 17.5. The second-order valence-electron chi connectivity index (χ2n) is 4.94. The minimum atomic E-state index is -0.617. The maximum Gasteiger partial charge on any atom is 0.276 e. The number of benzene rings is 2. The van der Waals surface area contributed by atoms with Gasteiger partial charge in [-0.25, -0.2) is 0 Å². The van der Waals surface area contributed by atoms with Gasteiger partial charge in [-0.1, -0.05) is 12.1 Å². The number of phenolic OH excluding ortho intramolecular Hbond substituents is 1. The van der Waals surface area contributed by atoms with Gasteiger partial charge in [0.05, 0.1) is 12.7 Å². The van der Waals surface area contributed by atoms with Crippen LogP contribution in [0.25, 0.3) is 0 Å². The van der Waals surface area contributed by atoms with Crippen molar-refractivity contribution in [2.45, 2.75) is 6.92 Å². The lowest BCUT2D eigenvalue weighted by Crippen LogP contribution is -2.43. The summed E-state index contributed by atoms with van der Waals surface area (Å²) >= 11 is 0. The highest BCUT2D eigenvalue weighted by Gasteiger charge is 2.13. The van der Waals surface area contributed by atoms with E-state index < -0.39 is 11.8 Å². The van der Waals surface area contributed by atoms with Crippen molar-refractivity contribution in [1.82, 2.24) is 10.9 Å². The summed E-state index contributed by atoms with van der Waals surface area (Å²) in [6.45, 7) is 1.40. The third-order valence-electron chi connectivity index (χ3n) is 3.23. The number of methoxy groups -OCH3 is 1. The van der Waals surface area contributed by atoms with Gasteiger partial charge in [-0.3, -0.25) is 20.4 Å². The normalized spacial score (nSPS) is 9.92. The van der Waals surface area contributed by atoms with Crippen LogP contribution in [0.2, 0.25) is 0 Å². The molecule has 0 bridgehead atoms. The van der Waals surface area contributed by atoms with Gasteiger partial charge in [-0.15, -0.1) is 0 Å². The van der Waals surface area contributed by atoms with Gasteiger partial charge in [0.25, 0.3) is 11.8 Å². The van der Waals surface area contributed by atoms with Crippen molar-refractivity contribution in [1.29, 1.82) is 0 Å². The summed E-state index contributed by atoms with van der Waals surface area (Å²) in [6, 6.07) is 11.5. The third kappa shape index (κ3) is 4.39. The lowest BCUT2D eigenvalue weighted by Gasteiger charge is -2.10. The van der Waals surface area contributed by atoms with E-state index in [4.69, 9.17) is 9.47 Å². The number of phenols is 1. The molecule has 0 aliphatic carbocycles. The van der Waals surface area contributed by atoms with E-state index in [1.54, 1.807) is 50.4 Å². The Morgan fingerprint density at radius 3 is 2.38 bits per heavy atom. The number of hydrogen-bond donors (Lipinski definition) is 3. The van der Waals surface area contributed by atoms with E-state index >= 15 is 0 Å². The Hall–Kier alpha value is -3.22. The Morgan fingerprint density at radius 2 is 1.71 bits per heavy atom. The molecule has 7 nitrogen and oxygen atoms in total. The molecule has 0 saturated heterocycles. The molecule has 0 spiro atoms. The van der Waals surface area contributed by atoms with E-state index in [0.717, 1.165) is 0 Å². The number of aromatic hydroxyl groups is 1. The second kappa shape index (κ2) is 7.87. The fraction of sp³-hybridized carbons (Fsp3) is 0.176. The fourth-order valence-corrected chi connectivity index (χ4v) is 1.89. The SMILES string of the molecule is COc1ccc(OCC(=O)NNC(=O)c2cccc(C)c2O)cc1. The van der Waals surface area contributed by atoms with Crippen molar-refractivity contribution in [3.05, 3.63) is 53.6 Å². The lowest BCUT2D eigenvalue weighted by molar-refractivity contribution is -0.123. The predicted octanol–water partition coefficient (Wildman–Crippen LogP) is 1.55. The molecular formula is C17H18N2O5. The number of amides is 2. The van der Waals surface area contributed by atoms with Crippen molar-refractivity contribution in [2.24, 2.45) is 0 Å². The quantitative estimate of drug-likeness (QED) is 0.723. The number of hydrogen-bond acceptors (Lipinski definition) is 5. The van der Waals surface area contributed by atoms with E-state index in [9.17, 15) is 14.7 Å². The molecule has 126 valence electrons. The molecule has 3 N–H and O–H groups in total. The van der Waals surface area contributed by atoms with Crippen LogP contribution in [0.3, 0.4) is 0 Å². The van der Waals surface area contributed by atoms with Gasteiger partial charge in [0, 0.05) is 0 Å². The Balaban J connectivity index is 1.82. The zero-order valence-electron chi connectivity index (χ0n) is 13.3. The van der Waals surface area contributed by atoms with Crippen LogP contribution < -0.4 is 20.3 Å². The average molecular weight is 330 g/mol. The van der Waals surface area contributed by atoms with Crippen LogP contribution in [0, 0.1) is 6.92 Å². The maximum atomic E-state index is 11.9. The first-order chi connectivity index (χ1) is 11.5. The maximum absolute atomic E-state index is 11.9. The fourth-order valence-electron chi connectivity index (χ4n) is 1.89. The van der Waals surface area contributed by atoms with E-state index in [1.165, 1.54) is 6.07 Å². The average Bonchev–Trinajstić information content (AvgIpc) is 2.60. The summed E-state index contributed by atoms with van der Waals surface area (Å²) in [4.78, 5) is 23.6. The largest absolute Gasteiger partial charge is 0.507 e. The molecule has 2 aromatic rings. The van der Waals surface area contributed by atoms with Crippen LogP contribution in [0.4, 0.5) is 0 Å². The van der Waals surface area contributed by atoms with Gasteiger partial charge in [0.2, 0.25) is 0 Å². The highest BCUT2D eigenvalue weighted by Crippen LogP contribution is 2.20. The number of hydrazine groups is 1. The Labute approximate surface area is 139 Å². The smallest absolute Gasteiger partial charge is 0.276 e. The van der Waals surface area contributed by atoms with Gasteiger partial charge in [-0.2, -0.15) is 0 Å². The first-order valence-corrected chi connectivity index (χ1v) is 7.16. The van der Waals surface area contributed by atoms with Gasteiger partial charge in [0.1, 0.15) is 17.2 Å². The van der Waals surface area contributed by atoms with E-state index in [-0.39, 0.29) is 17.9 Å². The molecule has 2 rings (SSSR count). The molecule has 0 fully saturated rings. The van der Waals surface area contributed by atoms with E-state index in [0.29, 0.717) is 17.1 Å². The molecule has 0 heterocycles. The number of nitrogens with one attached hydrogen (secondary N) is 2. The summed E-state index contributed by atoms with van der Waals surface area (Å²) in [7, 11) is 1.55. The highest BCUT2D eigenvalue weighted by atomic mass is 16.5. The molecule has 2 amide bonds. The van der Waals surface area contributed by atoms with Crippen LogP contribution in [0.1, 0.15) is 15.9 Å². The van der Waals surface area contributed by atoms with Crippen LogP contribution >= 0.6 is 0 Å². The highest BCUT2D eigenvalue weighted by molar-refractivity contribution is 5.98. The molecule has 0 radical (unpaired) electrons. The van der Waals surface area contributed by atoms with Crippen LogP contribution in [0.15, 0.2) is 42.5 Å². The number of rotatable bonds is 5. The number of carbonyl (C=O) groups excluding carboxylic acids is 2. The third-order valence-corrected chi connectivity index (χ3v) is 3.23. The Morgan fingerprint density at radius 1 is 1.04 bits per heavy atom. The molecule has 0 aromatic heterocycles. The monoisotopic (exact) mass is 330 g/mol. The molecule has 0 aliphatic rings. The number of para-hydroxylation sites is 1. The van der Waals surface area contributed by atoms with Crippen LogP contribution in [-0.4, -0.2) is 30.6 Å². The van der Waals surface area contributed by atoms with Crippen LogP contribution in [0.5, 0.6) is 17.2 Å². The molecule has 0 unspecified atom stereocenters. The molecule has 0 saturated carbocycles. The standard InChI is InChI=1S/C17H18N2O5/c1-11-4-3-5-14(16(11)21)17(22)19-18-15(20)10-24-13-8-6-12(23-2)7-9-13/h3-9,21H,10H2,1-2H3,(H,18,20)(H,19,22). The van der Waals surface area contributed by atoms with Gasteiger partial charge < -0.3 is 14.6 Å². The zero-order valence-corrected chi connectivity index (χ0v) is 13.3. The number of ether oxygens (including phenoxy) is 2. The predicted molar refractivity (Wildman–Crippen MR) is 86.9 cm³/mol. The number of carbonyl (C=O) groups is 2. The molecule has 24 heavy (non-hydrogen) atoms. The van der Waals surface area contributed by atoms with Gasteiger partial charge in [-0.05, 0) is 42.8 Å². The van der Waals surface area contributed by atoms with Gasteiger partial charge in [0.15, 0.2) is 6.61 Å². The molecule has 7 heteroatoms. The first-order valence-electron chi connectivity index (χ1n) is 7.16. The van der Waals surface area contributed by atoms with Crippen LogP contribution in [-0.2, 0) is 4.79 Å². The summed E-state index contributed by atoms with van der Waals surface area (Å²) in [5, 5.41) is 9.82. The Bertz CT molecular complexity index is 728.